The van der Waals surface area contributed by atoms with Crippen LogP contribution in [0.15, 0.2) is 22.7 Å². The van der Waals surface area contributed by atoms with E-state index in [2.05, 4.69) is 5.16 Å². The zero-order chi connectivity index (χ0) is 11.0. The normalized spacial score (nSPS) is 12.9. The van der Waals surface area contributed by atoms with Gasteiger partial charge in [-0.1, -0.05) is 5.16 Å². The minimum atomic E-state index is -0.971. The molecule has 5 nitrogen and oxygen atoms in total. The second-order valence-corrected chi connectivity index (χ2v) is 3.31. The lowest BCUT2D eigenvalue weighted by Gasteiger charge is -2.00. The molecule has 1 atom stereocenters. The Morgan fingerprint density at radius 1 is 1.53 bits per heavy atom. The van der Waals surface area contributed by atoms with E-state index in [1.807, 2.05) is 0 Å². The Morgan fingerprint density at radius 3 is 2.93 bits per heavy atom. The zero-order valence-electron chi connectivity index (χ0n) is 7.97. The number of hydrogen-bond acceptors (Lipinski definition) is 4. The van der Waals surface area contributed by atoms with Gasteiger partial charge in [0.1, 0.15) is 17.2 Å². The molecule has 0 spiro atoms. The van der Waals surface area contributed by atoms with Gasteiger partial charge in [0.2, 0.25) is 0 Å². The van der Waals surface area contributed by atoms with Crippen LogP contribution in [0.4, 0.5) is 0 Å². The topological polar surface area (TPSA) is 83.6 Å². The summed E-state index contributed by atoms with van der Waals surface area (Å²) >= 11 is 0. The lowest BCUT2D eigenvalue weighted by Crippen LogP contribution is -2.06. The van der Waals surface area contributed by atoms with Gasteiger partial charge in [-0.3, -0.25) is 4.79 Å². The molecule has 1 unspecified atom stereocenters. The SMILES string of the molecule is CC(C(=O)O)c1onc2cc(O)ccc12. The van der Waals surface area contributed by atoms with Gasteiger partial charge in [0.05, 0.1) is 0 Å². The monoisotopic (exact) mass is 207 g/mol. The molecule has 5 heteroatoms. The molecule has 0 aliphatic rings. The molecule has 1 heterocycles. The van der Waals surface area contributed by atoms with Crippen LogP contribution in [0.25, 0.3) is 10.9 Å². The summed E-state index contributed by atoms with van der Waals surface area (Å²) in [5.74, 6) is -1.34. The van der Waals surface area contributed by atoms with Gasteiger partial charge in [0.15, 0.2) is 5.76 Å². The molecule has 0 saturated carbocycles. The highest BCUT2D eigenvalue weighted by atomic mass is 16.5. The second-order valence-electron chi connectivity index (χ2n) is 3.31. The molecule has 2 N–H and O–H groups in total. The number of carbonyl (C=O) groups is 1. The summed E-state index contributed by atoms with van der Waals surface area (Å²) in [6, 6.07) is 4.49. The highest BCUT2D eigenvalue weighted by Gasteiger charge is 2.21. The van der Waals surface area contributed by atoms with Crippen LogP contribution in [0.5, 0.6) is 5.75 Å². The predicted molar refractivity (Wildman–Crippen MR) is 51.7 cm³/mol. The summed E-state index contributed by atoms with van der Waals surface area (Å²) in [5.41, 5.74) is 0.457. The number of fused-ring (bicyclic) bond motifs is 1. The van der Waals surface area contributed by atoms with E-state index in [1.165, 1.54) is 19.1 Å². The maximum Gasteiger partial charge on any atom is 0.314 e. The van der Waals surface area contributed by atoms with Gasteiger partial charge >= 0.3 is 5.97 Å². The molecule has 0 bridgehead atoms. The number of carboxylic acids is 1. The number of hydrogen-bond donors (Lipinski definition) is 2. The molecule has 0 aliphatic carbocycles. The molecule has 78 valence electrons. The highest BCUT2D eigenvalue weighted by Crippen LogP contribution is 2.27. The van der Waals surface area contributed by atoms with Crippen LogP contribution < -0.4 is 0 Å². The third-order valence-electron chi connectivity index (χ3n) is 2.25. The second kappa shape index (κ2) is 3.27. The van der Waals surface area contributed by atoms with E-state index in [1.54, 1.807) is 6.07 Å². The van der Waals surface area contributed by atoms with Crippen LogP contribution in [0, 0.1) is 0 Å². The third kappa shape index (κ3) is 1.52. The highest BCUT2D eigenvalue weighted by molar-refractivity contribution is 5.87. The van der Waals surface area contributed by atoms with Crippen molar-refractivity contribution in [2.24, 2.45) is 0 Å². The van der Waals surface area contributed by atoms with Crippen LogP contribution >= 0.6 is 0 Å². The van der Waals surface area contributed by atoms with E-state index in [4.69, 9.17) is 9.63 Å². The molecule has 0 fully saturated rings. The van der Waals surface area contributed by atoms with E-state index < -0.39 is 11.9 Å². The molecule has 1 aromatic heterocycles. The fraction of sp³-hybridized carbons (Fsp3) is 0.200. The predicted octanol–water partition coefficient (Wildman–Crippen LogP) is 1.72. The van der Waals surface area contributed by atoms with Gasteiger partial charge in [-0.2, -0.15) is 0 Å². The van der Waals surface area contributed by atoms with Crippen molar-refractivity contribution in [1.82, 2.24) is 5.16 Å². The van der Waals surface area contributed by atoms with Crippen molar-refractivity contribution in [2.45, 2.75) is 12.8 Å². The number of aromatic hydroxyl groups is 1. The third-order valence-corrected chi connectivity index (χ3v) is 2.25. The molecule has 0 radical (unpaired) electrons. The number of phenolic OH excluding ortho intramolecular Hbond substituents is 1. The fourth-order valence-corrected chi connectivity index (χ4v) is 1.38. The average Bonchev–Trinajstić information content (AvgIpc) is 2.59. The maximum atomic E-state index is 10.8. The largest absolute Gasteiger partial charge is 0.508 e. The van der Waals surface area contributed by atoms with Gasteiger partial charge in [0, 0.05) is 11.5 Å². The number of aromatic nitrogens is 1. The first-order chi connectivity index (χ1) is 7.09. The van der Waals surface area contributed by atoms with Crippen molar-refractivity contribution in [1.29, 1.82) is 0 Å². The fourth-order valence-electron chi connectivity index (χ4n) is 1.38. The smallest absolute Gasteiger partial charge is 0.314 e. The quantitative estimate of drug-likeness (QED) is 0.783. The summed E-state index contributed by atoms with van der Waals surface area (Å²) in [6.45, 7) is 1.52. The summed E-state index contributed by atoms with van der Waals surface area (Å²) in [7, 11) is 0. The molecule has 2 aromatic rings. The Morgan fingerprint density at radius 2 is 2.27 bits per heavy atom. The number of benzene rings is 1. The van der Waals surface area contributed by atoms with Gasteiger partial charge < -0.3 is 14.7 Å². The summed E-state index contributed by atoms with van der Waals surface area (Å²) in [5, 5.41) is 22.3. The molecule has 1 aromatic carbocycles. The number of aliphatic carboxylic acids is 1. The molecule has 0 aliphatic heterocycles. The van der Waals surface area contributed by atoms with Crippen LogP contribution in [0.1, 0.15) is 18.6 Å². The first-order valence-electron chi connectivity index (χ1n) is 4.40. The molecule has 0 saturated heterocycles. The van der Waals surface area contributed by atoms with E-state index in [-0.39, 0.29) is 5.75 Å². The van der Waals surface area contributed by atoms with Gasteiger partial charge in [-0.15, -0.1) is 0 Å². The standard InChI is InChI=1S/C10H9NO4/c1-5(10(13)14)9-7-3-2-6(12)4-8(7)11-15-9/h2-5,12H,1H3,(H,13,14). The first-order valence-corrected chi connectivity index (χ1v) is 4.40. The Kier molecular flexibility index (Phi) is 2.07. The molecular weight excluding hydrogens is 198 g/mol. The van der Waals surface area contributed by atoms with Crippen LogP contribution in [-0.4, -0.2) is 21.3 Å². The molecular formula is C10H9NO4. The minimum absolute atomic E-state index is 0.0744. The van der Waals surface area contributed by atoms with Crippen molar-refractivity contribution < 1.29 is 19.5 Å². The van der Waals surface area contributed by atoms with Crippen molar-refractivity contribution in [3.05, 3.63) is 24.0 Å². The van der Waals surface area contributed by atoms with Crippen molar-refractivity contribution in [3.63, 3.8) is 0 Å². The summed E-state index contributed by atoms with van der Waals surface area (Å²) in [4.78, 5) is 10.8. The van der Waals surface area contributed by atoms with Crippen molar-refractivity contribution >= 4 is 16.9 Å². The number of nitrogens with zero attached hydrogens (tertiary/aromatic N) is 1. The zero-order valence-corrected chi connectivity index (χ0v) is 7.97. The Hall–Kier alpha value is -2.04. The Balaban J connectivity index is 2.59. The number of carboxylic acid groups (broad SMARTS) is 1. The van der Waals surface area contributed by atoms with Crippen LogP contribution in [0.2, 0.25) is 0 Å². The maximum absolute atomic E-state index is 10.8. The summed E-state index contributed by atoms with van der Waals surface area (Å²) < 4.78 is 4.95. The van der Waals surface area contributed by atoms with E-state index in [9.17, 15) is 9.90 Å². The van der Waals surface area contributed by atoms with Crippen LogP contribution in [0.3, 0.4) is 0 Å². The molecule has 2 rings (SSSR count). The minimum Gasteiger partial charge on any atom is -0.508 e. The van der Waals surface area contributed by atoms with Crippen molar-refractivity contribution in [2.75, 3.05) is 0 Å². The van der Waals surface area contributed by atoms with E-state index in [0.29, 0.717) is 16.7 Å². The average molecular weight is 207 g/mol. The van der Waals surface area contributed by atoms with Gasteiger partial charge in [0.25, 0.3) is 0 Å². The lowest BCUT2D eigenvalue weighted by atomic mass is 10.1. The molecule has 0 amide bonds. The first kappa shape index (κ1) is 9.51. The van der Waals surface area contributed by atoms with E-state index in [0.717, 1.165) is 0 Å². The number of rotatable bonds is 2. The van der Waals surface area contributed by atoms with Crippen LogP contribution in [-0.2, 0) is 4.79 Å². The van der Waals surface area contributed by atoms with Crippen molar-refractivity contribution in [3.8, 4) is 5.75 Å². The van der Waals surface area contributed by atoms with Gasteiger partial charge in [-0.25, -0.2) is 0 Å². The Bertz CT molecular complexity index is 517. The van der Waals surface area contributed by atoms with Gasteiger partial charge in [-0.05, 0) is 19.1 Å². The summed E-state index contributed by atoms with van der Waals surface area (Å²) in [6.07, 6.45) is 0. The number of phenols is 1. The Labute approximate surface area is 84.9 Å². The van der Waals surface area contributed by atoms with E-state index >= 15 is 0 Å². The lowest BCUT2D eigenvalue weighted by molar-refractivity contribution is -0.138. The molecule has 15 heavy (non-hydrogen) atoms.